The smallest absolute Gasteiger partial charge is 0.237 e. The van der Waals surface area contributed by atoms with Crippen LogP contribution in [-0.2, 0) is 4.79 Å². The van der Waals surface area contributed by atoms with Crippen LogP contribution in [0, 0.1) is 0 Å². The van der Waals surface area contributed by atoms with E-state index in [1.54, 1.807) is 6.92 Å². The van der Waals surface area contributed by atoms with E-state index in [-0.39, 0.29) is 18.5 Å². The topological polar surface area (TPSA) is 81.6 Å². The van der Waals surface area contributed by atoms with Gasteiger partial charge >= 0.3 is 0 Å². The first-order valence-electron chi connectivity index (χ1n) is 5.36. The summed E-state index contributed by atoms with van der Waals surface area (Å²) in [6.07, 6.45) is 0.598. The molecule has 3 unspecified atom stereocenters. The molecular formula is C10H20N2O3. The summed E-state index contributed by atoms with van der Waals surface area (Å²) in [6, 6.07) is -0.326. The summed E-state index contributed by atoms with van der Waals surface area (Å²) in [5, 5.41) is 24.5. The van der Waals surface area contributed by atoms with Gasteiger partial charge in [0.25, 0.3) is 0 Å². The largest absolute Gasteiger partial charge is 0.392 e. The second-order valence-corrected chi connectivity index (χ2v) is 4.42. The van der Waals surface area contributed by atoms with Gasteiger partial charge in [-0.05, 0) is 19.8 Å². The summed E-state index contributed by atoms with van der Waals surface area (Å²) in [7, 11) is 0. The molecule has 1 fully saturated rings. The van der Waals surface area contributed by atoms with Crippen LogP contribution in [0.2, 0.25) is 0 Å². The lowest BCUT2D eigenvalue weighted by atomic mass is 10.0. The maximum absolute atomic E-state index is 11.6. The van der Waals surface area contributed by atoms with E-state index in [2.05, 4.69) is 10.6 Å². The highest BCUT2D eigenvalue weighted by molar-refractivity contribution is 5.82. The van der Waals surface area contributed by atoms with Crippen molar-refractivity contribution in [1.82, 2.24) is 10.6 Å². The van der Waals surface area contributed by atoms with Gasteiger partial charge in [0.15, 0.2) is 0 Å². The number of carbonyl (C=O) groups excluding carboxylic acids is 1. The van der Waals surface area contributed by atoms with Crippen LogP contribution in [0.1, 0.15) is 26.7 Å². The number of aliphatic hydroxyl groups excluding tert-OH is 1. The molecule has 0 saturated carbocycles. The minimum atomic E-state index is -0.854. The molecule has 0 aromatic carbocycles. The Bertz CT molecular complexity index is 231. The molecule has 88 valence electrons. The molecule has 1 amide bonds. The second-order valence-electron chi connectivity index (χ2n) is 4.42. The van der Waals surface area contributed by atoms with E-state index in [0.717, 1.165) is 0 Å². The Kier molecular flexibility index (Phi) is 4.07. The van der Waals surface area contributed by atoms with Gasteiger partial charge in [0.1, 0.15) is 0 Å². The molecule has 0 aromatic rings. The minimum absolute atomic E-state index is 0.153. The summed E-state index contributed by atoms with van der Waals surface area (Å²) in [5.41, 5.74) is -0.854. The van der Waals surface area contributed by atoms with E-state index in [1.807, 2.05) is 6.92 Å². The predicted octanol–water partition coefficient (Wildman–Crippen LogP) is -1.01. The van der Waals surface area contributed by atoms with Gasteiger partial charge in [-0.3, -0.25) is 4.79 Å². The van der Waals surface area contributed by atoms with Crippen molar-refractivity contribution in [3.63, 3.8) is 0 Å². The van der Waals surface area contributed by atoms with Gasteiger partial charge in [0, 0.05) is 13.1 Å². The maximum atomic E-state index is 11.6. The second kappa shape index (κ2) is 4.92. The van der Waals surface area contributed by atoms with Crippen molar-refractivity contribution in [2.45, 2.75) is 44.4 Å². The first kappa shape index (κ1) is 12.4. The molecule has 1 rings (SSSR count). The van der Waals surface area contributed by atoms with E-state index in [1.165, 1.54) is 0 Å². The van der Waals surface area contributed by atoms with Crippen molar-refractivity contribution in [3.05, 3.63) is 0 Å². The van der Waals surface area contributed by atoms with Crippen LogP contribution in [0.4, 0.5) is 0 Å². The number of β-amino-alcohol motifs (C(OH)–C–C–N with tert-alkyl or cyclic N) is 1. The van der Waals surface area contributed by atoms with Crippen molar-refractivity contribution >= 4 is 5.91 Å². The molecule has 1 aliphatic heterocycles. The van der Waals surface area contributed by atoms with Gasteiger partial charge in [-0.15, -0.1) is 0 Å². The normalized spacial score (nSPS) is 29.9. The number of aliphatic hydroxyl groups is 2. The summed E-state index contributed by atoms with van der Waals surface area (Å²) in [6.45, 7) is 4.26. The summed E-state index contributed by atoms with van der Waals surface area (Å²) >= 11 is 0. The Balaban J connectivity index is 2.30. The quantitative estimate of drug-likeness (QED) is 0.485. The van der Waals surface area contributed by atoms with Crippen molar-refractivity contribution in [1.29, 1.82) is 0 Å². The van der Waals surface area contributed by atoms with E-state index >= 15 is 0 Å². The molecule has 3 atom stereocenters. The number of carbonyl (C=O) groups is 1. The number of rotatable bonds is 4. The third-order valence-electron chi connectivity index (χ3n) is 2.83. The lowest BCUT2D eigenvalue weighted by molar-refractivity contribution is -0.124. The Morgan fingerprint density at radius 1 is 1.67 bits per heavy atom. The van der Waals surface area contributed by atoms with Crippen LogP contribution in [-0.4, -0.2) is 47.0 Å². The number of nitrogens with one attached hydrogen (secondary N) is 2. The van der Waals surface area contributed by atoms with Crippen molar-refractivity contribution < 1.29 is 15.0 Å². The number of hydrogen-bond donors (Lipinski definition) is 4. The molecule has 0 aromatic heterocycles. The summed E-state index contributed by atoms with van der Waals surface area (Å²) in [4.78, 5) is 11.6. The maximum Gasteiger partial charge on any atom is 0.237 e. The standard InChI is InChI=1S/C10H20N2O3/c1-3-10(2,15)6-12-9(14)8-4-7(13)5-11-8/h7-8,11,13,15H,3-6H2,1-2H3,(H,12,14). The van der Waals surface area contributed by atoms with E-state index < -0.39 is 11.7 Å². The van der Waals surface area contributed by atoms with E-state index in [9.17, 15) is 15.0 Å². The summed E-state index contributed by atoms with van der Waals surface area (Å²) < 4.78 is 0. The van der Waals surface area contributed by atoms with Crippen LogP contribution in [0.15, 0.2) is 0 Å². The highest BCUT2D eigenvalue weighted by Gasteiger charge is 2.29. The fourth-order valence-electron chi connectivity index (χ4n) is 1.44. The molecule has 5 heteroatoms. The molecule has 5 nitrogen and oxygen atoms in total. The molecule has 1 aliphatic rings. The molecule has 0 spiro atoms. The fraction of sp³-hybridized carbons (Fsp3) is 0.900. The predicted molar refractivity (Wildman–Crippen MR) is 56.3 cm³/mol. The summed E-state index contributed by atoms with van der Waals surface area (Å²) in [5.74, 6) is -0.153. The first-order chi connectivity index (χ1) is 6.94. The Hall–Kier alpha value is -0.650. The van der Waals surface area contributed by atoms with Crippen molar-refractivity contribution in [2.75, 3.05) is 13.1 Å². The van der Waals surface area contributed by atoms with Gasteiger partial charge in [-0.25, -0.2) is 0 Å². The van der Waals surface area contributed by atoms with Crippen LogP contribution < -0.4 is 10.6 Å². The van der Waals surface area contributed by atoms with Gasteiger partial charge in [-0.2, -0.15) is 0 Å². The lowest BCUT2D eigenvalue weighted by Gasteiger charge is -2.22. The Morgan fingerprint density at radius 3 is 2.80 bits per heavy atom. The highest BCUT2D eigenvalue weighted by atomic mass is 16.3. The van der Waals surface area contributed by atoms with Gasteiger partial charge < -0.3 is 20.8 Å². The number of hydrogen-bond acceptors (Lipinski definition) is 4. The molecular weight excluding hydrogens is 196 g/mol. The molecule has 1 heterocycles. The van der Waals surface area contributed by atoms with Crippen LogP contribution in [0.3, 0.4) is 0 Å². The Labute approximate surface area is 89.9 Å². The minimum Gasteiger partial charge on any atom is -0.392 e. The van der Waals surface area contributed by atoms with Gasteiger partial charge in [-0.1, -0.05) is 6.92 Å². The van der Waals surface area contributed by atoms with E-state index in [0.29, 0.717) is 19.4 Å². The molecule has 4 N–H and O–H groups in total. The van der Waals surface area contributed by atoms with Crippen LogP contribution >= 0.6 is 0 Å². The van der Waals surface area contributed by atoms with Gasteiger partial charge in [0.05, 0.1) is 17.7 Å². The molecule has 1 saturated heterocycles. The van der Waals surface area contributed by atoms with Crippen molar-refractivity contribution in [3.8, 4) is 0 Å². The fourth-order valence-corrected chi connectivity index (χ4v) is 1.44. The third-order valence-corrected chi connectivity index (χ3v) is 2.83. The average Bonchev–Trinajstić information content (AvgIpc) is 2.61. The third kappa shape index (κ3) is 3.77. The SMILES string of the molecule is CCC(C)(O)CNC(=O)C1CC(O)CN1. The van der Waals surface area contributed by atoms with Crippen LogP contribution in [0.5, 0.6) is 0 Å². The van der Waals surface area contributed by atoms with E-state index in [4.69, 9.17) is 0 Å². The first-order valence-corrected chi connectivity index (χ1v) is 5.36. The van der Waals surface area contributed by atoms with Crippen molar-refractivity contribution in [2.24, 2.45) is 0 Å². The molecule has 15 heavy (non-hydrogen) atoms. The zero-order chi connectivity index (χ0) is 11.5. The number of amides is 1. The average molecular weight is 216 g/mol. The highest BCUT2D eigenvalue weighted by Crippen LogP contribution is 2.08. The zero-order valence-corrected chi connectivity index (χ0v) is 9.29. The molecule has 0 bridgehead atoms. The lowest BCUT2D eigenvalue weighted by Crippen LogP contribution is -2.46. The monoisotopic (exact) mass is 216 g/mol. The molecule has 0 radical (unpaired) electrons. The Morgan fingerprint density at radius 2 is 2.33 bits per heavy atom. The zero-order valence-electron chi connectivity index (χ0n) is 9.29. The molecule has 0 aliphatic carbocycles. The van der Waals surface area contributed by atoms with Crippen LogP contribution in [0.25, 0.3) is 0 Å². The van der Waals surface area contributed by atoms with Gasteiger partial charge in [0.2, 0.25) is 5.91 Å².